The Morgan fingerprint density at radius 1 is 1.18 bits per heavy atom. The summed E-state index contributed by atoms with van der Waals surface area (Å²) in [6.07, 6.45) is 5.50. The molecule has 3 nitrogen and oxygen atoms in total. The molecule has 124 valence electrons. The Morgan fingerprint density at radius 2 is 1.91 bits per heavy atom. The molecule has 0 spiro atoms. The lowest BCUT2D eigenvalue weighted by Crippen LogP contribution is -2.18. The third kappa shape index (κ3) is 6.00. The molecule has 0 radical (unpaired) electrons. The number of hydrogen-bond acceptors (Lipinski definition) is 2. The highest BCUT2D eigenvalue weighted by atomic mass is 16.1. The molecule has 1 rings (SSSR count). The molecule has 1 aromatic rings. The fourth-order valence-corrected chi connectivity index (χ4v) is 2.36. The Morgan fingerprint density at radius 3 is 2.55 bits per heavy atom. The van der Waals surface area contributed by atoms with E-state index >= 15 is 0 Å². The number of hydrogen-bond donors (Lipinski definition) is 1. The maximum atomic E-state index is 11.8. The molecule has 0 aliphatic rings. The molecule has 0 bridgehead atoms. The molecule has 1 N–H and O–H groups in total. The Hall–Kier alpha value is -1.64. The van der Waals surface area contributed by atoms with Crippen LogP contribution in [0.2, 0.25) is 0 Å². The molecular weight excluding hydrogens is 274 g/mol. The van der Waals surface area contributed by atoms with Gasteiger partial charge >= 0.3 is 0 Å². The van der Waals surface area contributed by atoms with Gasteiger partial charge in [-0.05, 0) is 43.4 Å². The summed E-state index contributed by atoms with van der Waals surface area (Å²) >= 11 is 0. The van der Waals surface area contributed by atoms with Crippen molar-refractivity contribution in [2.75, 3.05) is 5.32 Å². The summed E-state index contributed by atoms with van der Waals surface area (Å²) in [5.74, 6) is 0.395. The third-order valence-corrected chi connectivity index (χ3v) is 4.02. The highest BCUT2D eigenvalue weighted by Crippen LogP contribution is 2.21. The van der Waals surface area contributed by atoms with Gasteiger partial charge in [-0.25, -0.2) is 0 Å². The molecule has 0 aromatic heterocycles. The summed E-state index contributed by atoms with van der Waals surface area (Å²) in [5, 5.41) is 2.99. The van der Waals surface area contributed by atoms with Crippen LogP contribution >= 0.6 is 0 Å². The van der Waals surface area contributed by atoms with E-state index in [0.717, 1.165) is 36.9 Å². The van der Waals surface area contributed by atoms with Gasteiger partial charge in [0.2, 0.25) is 5.91 Å². The maximum Gasteiger partial charge on any atom is 0.226 e. The van der Waals surface area contributed by atoms with Gasteiger partial charge in [-0.15, -0.1) is 0 Å². The van der Waals surface area contributed by atoms with Crippen LogP contribution in [0.5, 0.6) is 0 Å². The minimum atomic E-state index is -0.0147. The predicted molar refractivity (Wildman–Crippen MR) is 94.2 cm³/mol. The highest BCUT2D eigenvalue weighted by Gasteiger charge is 2.10. The third-order valence-electron chi connectivity index (χ3n) is 4.02. The van der Waals surface area contributed by atoms with Gasteiger partial charge in [-0.2, -0.15) is 0 Å². The largest absolute Gasteiger partial charge is 0.326 e. The van der Waals surface area contributed by atoms with Crippen LogP contribution in [0.1, 0.15) is 65.4 Å². The first kappa shape index (κ1) is 18.4. The summed E-state index contributed by atoms with van der Waals surface area (Å²) in [6, 6.07) is 6.08. The molecular formula is C19H31NO2. The molecule has 3 heteroatoms. The molecule has 0 heterocycles. The van der Waals surface area contributed by atoms with Crippen LogP contribution < -0.4 is 5.32 Å². The molecule has 0 fully saturated rings. The van der Waals surface area contributed by atoms with E-state index in [1.54, 1.807) is 0 Å². The van der Waals surface area contributed by atoms with Crippen molar-refractivity contribution in [1.29, 1.82) is 0 Å². The number of carbonyl (C=O) groups is 2. The van der Waals surface area contributed by atoms with Gasteiger partial charge in [0.05, 0.1) is 0 Å². The molecule has 1 amide bonds. The second kappa shape index (κ2) is 9.39. The molecule has 0 unspecified atom stereocenters. The Kier molecular flexibility index (Phi) is 7.86. The number of carbonyl (C=O) groups excluding carboxylic acids is 2. The monoisotopic (exact) mass is 305 g/mol. The molecule has 1 aromatic carbocycles. The first-order valence-corrected chi connectivity index (χ1v) is 8.36. The topological polar surface area (TPSA) is 46.2 Å². The lowest BCUT2D eigenvalue weighted by atomic mass is 9.99. The van der Waals surface area contributed by atoms with E-state index in [-0.39, 0.29) is 13.3 Å². The van der Waals surface area contributed by atoms with Crippen molar-refractivity contribution < 1.29 is 11.0 Å². The molecule has 0 atom stereocenters. The zero-order valence-corrected chi connectivity index (χ0v) is 14.4. The van der Waals surface area contributed by atoms with Gasteiger partial charge in [0, 0.05) is 25.9 Å². The maximum absolute atomic E-state index is 11.8. The van der Waals surface area contributed by atoms with E-state index in [1.165, 1.54) is 5.56 Å². The van der Waals surface area contributed by atoms with Crippen LogP contribution in [0.3, 0.4) is 0 Å². The van der Waals surface area contributed by atoms with Crippen LogP contribution in [0.4, 0.5) is 5.69 Å². The van der Waals surface area contributed by atoms with Crippen molar-refractivity contribution >= 4 is 17.4 Å². The van der Waals surface area contributed by atoms with Gasteiger partial charge < -0.3 is 5.32 Å². The molecule has 22 heavy (non-hydrogen) atoms. The molecule has 0 saturated carbocycles. The first-order valence-electron chi connectivity index (χ1n) is 8.36. The zero-order valence-electron chi connectivity index (χ0n) is 14.4. The first-order chi connectivity index (χ1) is 10.5. The standard InChI is InChI=1S/C19H29NO2.H2/c1-5-17(21)12-8-6-7-10-16-11-9-13-18(15(16)4)20-19(22)14(2)3;/h9,11,13-14H,5-8,10,12H2,1-4H3,(H,20,22);1H. The Bertz CT molecular complexity index is 512. The van der Waals surface area contributed by atoms with Crippen molar-refractivity contribution in [3.63, 3.8) is 0 Å². The van der Waals surface area contributed by atoms with E-state index in [1.807, 2.05) is 32.9 Å². The number of rotatable bonds is 9. The Balaban J connectivity index is 0.00000484. The normalized spacial score (nSPS) is 10.8. The van der Waals surface area contributed by atoms with Crippen molar-refractivity contribution in [2.24, 2.45) is 5.92 Å². The van der Waals surface area contributed by atoms with Crippen LogP contribution in [0.15, 0.2) is 18.2 Å². The average molecular weight is 305 g/mol. The van der Waals surface area contributed by atoms with E-state index in [4.69, 9.17) is 0 Å². The summed E-state index contributed by atoms with van der Waals surface area (Å²) < 4.78 is 0. The van der Waals surface area contributed by atoms with Crippen molar-refractivity contribution in [3.8, 4) is 0 Å². The number of amides is 1. The van der Waals surface area contributed by atoms with Crippen molar-refractivity contribution in [2.45, 2.75) is 66.2 Å². The van der Waals surface area contributed by atoms with Gasteiger partial charge in [-0.1, -0.05) is 39.3 Å². The summed E-state index contributed by atoms with van der Waals surface area (Å²) in [5.41, 5.74) is 3.35. The second-order valence-corrected chi connectivity index (χ2v) is 6.19. The summed E-state index contributed by atoms with van der Waals surface area (Å²) in [7, 11) is 0. The number of unbranched alkanes of at least 4 members (excludes halogenated alkanes) is 2. The predicted octanol–water partition coefficient (Wildman–Crippen LogP) is 4.92. The fraction of sp³-hybridized carbons (Fsp3) is 0.579. The van der Waals surface area contributed by atoms with Crippen LogP contribution in [-0.2, 0) is 16.0 Å². The van der Waals surface area contributed by atoms with Gasteiger partial charge in [-0.3, -0.25) is 9.59 Å². The number of Topliss-reactive ketones (excluding diaryl/α,β-unsaturated/α-hetero) is 1. The average Bonchev–Trinajstić information content (AvgIpc) is 2.49. The summed E-state index contributed by atoms with van der Waals surface area (Å²) in [6.45, 7) is 7.77. The second-order valence-electron chi connectivity index (χ2n) is 6.19. The number of anilines is 1. The van der Waals surface area contributed by atoms with Gasteiger partial charge in [0.1, 0.15) is 5.78 Å². The van der Waals surface area contributed by atoms with E-state index in [9.17, 15) is 9.59 Å². The van der Waals surface area contributed by atoms with E-state index < -0.39 is 0 Å². The molecule has 0 aliphatic carbocycles. The zero-order chi connectivity index (χ0) is 16.5. The van der Waals surface area contributed by atoms with Crippen molar-refractivity contribution in [3.05, 3.63) is 29.3 Å². The minimum absolute atomic E-state index is 0. The number of ketones is 1. The van der Waals surface area contributed by atoms with Crippen molar-refractivity contribution in [1.82, 2.24) is 0 Å². The highest BCUT2D eigenvalue weighted by molar-refractivity contribution is 5.92. The number of aryl methyl sites for hydroxylation is 1. The van der Waals surface area contributed by atoms with Crippen LogP contribution in [-0.4, -0.2) is 11.7 Å². The molecule has 0 saturated heterocycles. The quantitative estimate of drug-likeness (QED) is 0.658. The summed E-state index contributed by atoms with van der Waals surface area (Å²) in [4.78, 5) is 23.1. The van der Waals surface area contributed by atoms with E-state index in [0.29, 0.717) is 18.6 Å². The van der Waals surface area contributed by atoms with Crippen LogP contribution in [0.25, 0.3) is 0 Å². The lowest BCUT2D eigenvalue weighted by molar-refractivity contribution is -0.119. The lowest BCUT2D eigenvalue weighted by Gasteiger charge is -2.14. The number of benzene rings is 1. The smallest absolute Gasteiger partial charge is 0.226 e. The van der Waals surface area contributed by atoms with Crippen LogP contribution in [0, 0.1) is 12.8 Å². The Labute approximate surface area is 136 Å². The van der Waals surface area contributed by atoms with Gasteiger partial charge in [0.25, 0.3) is 0 Å². The van der Waals surface area contributed by atoms with E-state index in [2.05, 4.69) is 18.3 Å². The molecule has 0 aliphatic heterocycles. The fourth-order valence-electron chi connectivity index (χ4n) is 2.36. The minimum Gasteiger partial charge on any atom is -0.326 e. The SMILES string of the molecule is CCC(=O)CCCCCc1cccc(NC(=O)C(C)C)c1C.[HH]. The number of nitrogens with one attached hydrogen (secondary N) is 1. The van der Waals surface area contributed by atoms with Gasteiger partial charge in [0.15, 0.2) is 0 Å².